The zero-order chi connectivity index (χ0) is 29.8. The molecule has 2 aliphatic rings. The van der Waals surface area contributed by atoms with E-state index in [2.05, 4.69) is 68.4 Å². The topological polar surface area (TPSA) is 93.7 Å². The number of aromatic nitrogens is 2. The molecule has 0 aliphatic carbocycles. The van der Waals surface area contributed by atoms with E-state index in [0.29, 0.717) is 41.2 Å². The number of carbonyl (C=O) groups is 2. The minimum Gasteiger partial charge on any atom is -0.370 e. The van der Waals surface area contributed by atoms with Gasteiger partial charge in [0.15, 0.2) is 0 Å². The first kappa shape index (κ1) is 30.9. The number of hydrogen-bond acceptors (Lipinski definition) is 7. The van der Waals surface area contributed by atoms with Gasteiger partial charge in [-0.3, -0.25) is 14.4 Å². The molecule has 2 aromatic heterocycles. The molecular weight excluding hydrogens is 534 g/mol. The Morgan fingerprint density at radius 1 is 1.15 bits per heavy atom. The van der Waals surface area contributed by atoms with Crippen LogP contribution in [0.25, 0.3) is 0 Å². The molecule has 0 radical (unpaired) electrons. The zero-order valence-corrected chi connectivity index (χ0v) is 26.6. The van der Waals surface area contributed by atoms with Gasteiger partial charge in [0.1, 0.15) is 22.5 Å². The molecule has 224 valence electrons. The van der Waals surface area contributed by atoms with Gasteiger partial charge >= 0.3 is 6.03 Å². The van der Waals surface area contributed by atoms with Crippen LogP contribution in [-0.2, 0) is 0 Å². The number of nitrogens with zero attached hydrogens (tertiary/aromatic N) is 5. The van der Waals surface area contributed by atoms with Gasteiger partial charge in [-0.1, -0.05) is 40.7 Å². The number of anilines is 3. The molecule has 0 saturated carbocycles. The summed E-state index contributed by atoms with van der Waals surface area (Å²) < 4.78 is 2.97. The van der Waals surface area contributed by atoms with E-state index in [1.165, 1.54) is 11.9 Å². The maximum absolute atomic E-state index is 13.6. The van der Waals surface area contributed by atoms with Crippen molar-refractivity contribution in [3.63, 3.8) is 0 Å². The van der Waals surface area contributed by atoms with Crippen molar-refractivity contribution in [2.75, 3.05) is 47.8 Å². The average molecular weight is 582 g/mol. The van der Waals surface area contributed by atoms with Gasteiger partial charge in [-0.05, 0) is 75.1 Å². The van der Waals surface area contributed by atoms with Crippen molar-refractivity contribution in [1.82, 2.24) is 19.6 Å². The summed E-state index contributed by atoms with van der Waals surface area (Å²) in [4.78, 5) is 42.4. The number of rotatable bonds is 11. The van der Waals surface area contributed by atoms with E-state index >= 15 is 0 Å². The van der Waals surface area contributed by atoms with Crippen LogP contribution in [0, 0.1) is 11.3 Å². The first-order valence-corrected chi connectivity index (χ1v) is 15.7. The molecule has 2 fully saturated rings. The summed E-state index contributed by atoms with van der Waals surface area (Å²) in [6, 6.07) is 9.33. The normalized spacial score (nSPS) is 18.8. The minimum absolute atomic E-state index is 0.0122. The molecule has 2 aromatic rings. The monoisotopic (exact) mass is 581 g/mol. The quantitative estimate of drug-likeness (QED) is 0.296. The van der Waals surface area contributed by atoms with Crippen molar-refractivity contribution >= 4 is 41.3 Å². The number of nitrogens with one attached hydrogen (secondary N) is 2. The second-order valence-electron chi connectivity index (χ2n) is 13.2. The van der Waals surface area contributed by atoms with Crippen LogP contribution < -0.4 is 19.8 Å². The summed E-state index contributed by atoms with van der Waals surface area (Å²) in [5, 5.41) is 3.98. The Morgan fingerprint density at radius 3 is 2.61 bits per heavy atom. The Labute approximate surface area is 250 Å². The fourth-order valence-electron chi connectivity index (χ4n) is 5.71. The van der Waals surface area contributed by atoms with Crippen molar-refractivity contribution < 1.29 is 9.59 Å². The van der Waals surface area contributed by atoms with Crippen molar-refractivity contribution in [3.8, 4) is 0 Å². The van der Waals surface area contributed by atoms with Gasteiger partial charge in [-0.25, -0.2) is 14.8 Å². The highest BCUT2D eigenvalue weighted by molar-refractivity contribution is 7.97. The predicted octanol–water partition coefficient (Wildman–Crippen LogP) is 6.43. The van der Waals surface area contributed by atoms with Crippen LogP contribution in [0.5, 0.6) is 0 Å². The second-order valence-corrected chi connectivity index (χ2v) is 14.0. The van der Waals surface area contributed by atoms with E-state index in [1.807, 2.05) is 29.2 Å². The Kier molecular flexibility index (Phi) is 9.72. The van der Waals surface area contributed by atoms with Crippen molar-refractivity contribution in [1.29, 1.82) is 0 Å². The van der Waals surface area contributed by atoms with E-state index in [1.54, 1.807) is 11.0 Å². The van der Waals surface area contributed by atoms with Gasteiger partial charge in [-0.2, -0.15) is 0 Å². The van der Waals surface area contributed by atoms with E-state index in [9.17, 15) is 9.59 Å². The summed E-state index contributed by atoms with van der Waals surface area (Å²) in [5.41, 5.74) is 0.581. The third-order valence-corrected chi connectivity index (χ3v) is 8.41. The van der Waals surface area contributed by atoms with Crippen LogP contribution in [0.15, 0.2) is 35.4 Å². The first-order valence-electron chi connectivity index (χ1n) is 14.9. The summed E-state index contributed by atoms with van der Waals surface area (Å²) >= 11 is 1.19. The molecule has 10 heteroatoms. The van der Waals surface area contributed by atoms with Crippen molar-refractivity contribution in [2.24, 2.45) is 11.3 Å². The summed E-state index contributed by atoms with van der Waals surface area (Å²) in [5.74, 6) is 2.24. The maximum atomic E-state index is 13.6. The molecular formula is C31H47N7O2S. The van der Waals surface area contributed by atoms with E-state index in [0.717, 1.165) is 51.1 Å². The highest BCUT2D eigenvalue weighted by Crippen LogP contribution is 2.38. The fraction of sp³-hybridized carbons (Fsp3) is 0.613. The standard InChI is InChI=1S/C31H47N7O2S/c1-8-16-32-24-11-9-12-26(33-24)41-35-28(39)23-13-14-25(34-27(23)38-21-22(2)20-31(38,6)7)37-19-18-36(29(37)40)17-10-15-30(3,4)5/h9,11-14,22H,8,10,15-21H2,1-7H3,(H,32,33)(H,35,39). The Balaban J connectivity index is 1.54. The third kappa shape index (κ3) is 7.84. The number of urea groups is 1. The molecule has 1 atom stereocenters. The van der Waals surface area contributed by atoms with Gasteiger partial charge in [0, 0.05) is 50.2 Å². The number of hydrogen-bond donors (Lipinski definition) is 2. The fourth-order valence-corrected chi connectivity index (χ4v) is 6.31. The van der Waals surface area contributed by atoms with Crippen LogP contribution in [0.3, 0.4) is 0 Å². The van der Waals surface area contributed by atoms with Gasteiger partial charge in [0.05, 0.1) is 5.56 Å². The molecule has 9 nitrogen and oxygen atoms in total. The largest absolute Gasteiger partial charge is 0.370 e. The van der Waals surface area contributed by atoms with E-state index < -0.39 is 0 Å². The van der Waals surface area contributed by atoms with Crippen LogP contribution in [0.2, 0.25) is 0 Å². The molecule has 3 amide bonds. The molecule has 0 bridgehead atoms. The SMILES string of the molecule is CCCNc1cccc(SNC(=O)c2ccc(N3CCN(CCCC(C)(C)C)C3=O)nc2N2CC(C)CC2(C)C)n1. The van der Waals surface area contributed by atoms with Crippen LogP contribution in [0.4, 0.5) is 22.2 Å². The molecule has 41 heavy (non-hydrogen) atoms. The Morgan fingerprint density at radius 2 is 1.93 bits per heavy atom. The van der Waals surface area contributed by atoms with Gasteiger partial charge in [0.2, 0.25) is 0 Å². The van der Waals surface area contributed by atoms with Crippen LogP contribution >= 0.6 is 11.9 Å². The number of pyridine rings is 2. The molecule has 2 aliphatic heterocycles. The highest BCUT2D eigenvalue weighted by atomic mass is 32.2. The van der Waals surface area contributed by atoms with Crippen LogP contribution in [0.1, 0.15) is 84.5 Å². The lowest BCUT2D eigenvalue weighted by atomic mass is 9.90. The van der Waals surface area contributed by atoms with Crippen molar-refractivity contribution in [2.45, 2.75) is 84.7 Å². The predicted molar refractivity (Wildman–Crippen MR) is 169 cm³/mol. The number of amides is 3. The lowest BCUT2D eigenvalue weighted by Crippen LogP contribution is -2.40. The lowest BCUT2D eigenvalue weighted by Gasteiger charge is -2.34. The molecule has 2 N–H and O–H groups in total. The molecule has 1 unspecified atom stereocenters. The Hall–Kier alpha value is -3.01. The summed E-state index contributed by atoms with van der Waals surface area (Å²) in [6.07, 6.45) is 4.05. The highest BCUT2D eigenvalue weighted by Gasteiger charge is 2.40. The first-order chi connectivity index (χ1) is 19.4. The second kappa shape index (κ2) is 12.9. The molecule has 2 saturated heterocycles. The van der Waals surface area contributed by atoms with Gasteiger partial charge in [0.25, 0.3) is 5.91 Å². The Bertz CT molecular complexity index is 1230. The summed E-state index contributed by atoms with van der Waals surface area (Å²) in [6.45, 7) is 19.1. The molecule has 4 rings (SSSR count). The van der Waals surface area contributed by atoms with Crippen LogP contribution in [-0.4, -0.2) is 65.1 Å². The van der Waals surface area contributed by atoms with Gasteiger partial charge < -0.3 is 15.1 Å². The molecule has 0 aromatic carbocycles. The summed E-state index contributed by atoms with van der Waals surface area (Å²) in [7, 11) is 0. The van der Waals surface area contributed by atoms with Gasteiger partial charge in [-0.15, -0.1) is 0 Å². The minimum atomic E-state index is -0.232. The third-order valence-electron chi connectivity index (χ3n) is 7.69. The lowest BCUT2D eigenvalue weighted by molar-refractivity contribution is 0.0984. The molecule has 0 spiro atoms. The molecule has 4 heterocycles. The van der Waals surface area contributed by atoms with E-state index in [4.69, 9.17) is 4.98 Å². The number of carbonyl (C=O) groups excluding carboxylic acids is 2. The average Bonchev–Trinajstić information content (AvgIpc) is 3.41. The van der Waals surface area contributed by atoms with Crippen molar-refractivity contribution in [3.05, 3.63) is 35.9 Å². The smallest absolute Gasteiger partial charge is 0.325 e. The van der Waals surface area contributed by atoms with E-state index in [-0.39, 0.29) is 22.9 Å². The zero-order valence-electron chi connectivity index (χ0n) is 25.8. The maximum Gasteiger partial charge on any atom is 0.325 e.